The van der Waals surface area contributed by atoms with Gasteiger partial charge in [-0.2, -0.15) is 0 Å². The van der Waals surface area contributed by atoms with Crippen molar-refractivity contribution in [2.45, 2.75) is 46.6 Å². The Bertz CT molecular complexity index is 408. The standard InChI is InChI=1S/C13H25N5O/c1-5-11-15-12(17-14)10(4)13(16-11)18(9(2)3)7-6-8-19/h9,19H,5-8,14H2,1-4H3,(H,15,16,17). The summed E-state index contributed by atoms with van der Waals surface area (Å²) >= 11 is 0. The van der Waals surface area contributed by atoms with E-state index in [0.717, 1.165) is 30.2 Å². The molecule has 0 aliphatic rings. The Morgan fingerprint density at radius 3 is 2.53 bits per heavy atom. The highest BCUT2D eigenvalue weighted by atomic mass is 16.3. The molecule has 0 atom stereocenters. The summed E-state index contributed by atoms with van der Waals surface area (Å²) in [4.78, 5) is 11.2. The first-order valence-electron chi connectivity index (χ1n) is 6.76. The van der Waals surface area contributed by atoms with Gasteiger partial charge in [-0.3, -0.25) is 0 Å². The zero-order chi connectivity index (χ0) is 14.4. The summed E-state index contributed by atoms with van der Waals surface area (Å²) in [6.45, 7) is 9.13. The van der Waals surface area contributed by atoms with Crippen molar-refractivity contribution >= 4 is 11.6 Å². The maximum atomic E-state index is 9.02. The minimum absolute atomic E-state index is 0.177. The number of nitrogen functional groups attached to an aromatic ring is 1. The number of aromatic nitrogens is 2. The van der Waals surface area contributed by atoms with Crippen LogP contribution in [-0.4, -0.2) is 34.3 Å². The molecule has 6 nitrogen and oxygen atoms in total. The molecule has 108 valence electrons. The topological polar surface area (TPSA) is 87.3 Å². The van der Waals surface area contributed by atoms with Crippen molar-refractivity contribution in [1.29, 1.82) is 0 Å². The third-order valence-corrected chi connectivity index (χ3v) is 3.07. The van der Waals surface area contributed by atoms with Crippen LogP contribution in [0.15, 0.2) is 0 Å². The van der Waals surface area contributed by atoms with E-state index in [1.54, 1.807) is 0 Å². The summed E-state index contributed by atoms with van der Waals surface area (Å²) in [5, 5.41) is 9.02. The molecule has 6 heteroatoms. The van der Waals surface area contributed by atoms with E-state index in [-0.39, 0.29) is 6.61 Å². The molecule has 0 spiro atoms. The van der Waals surface area contributed by atoms with E-state index in [1.165, 1.54) is 0 Å². The van der Waals surface area contributed by atoms with Crippen LogP contribution in [-0.2, 0) is 6.42 Å². The number of nitrogens with two attached hydrogens (primary N) is 1. The van der Waals surface area contributed by atoms with Crippen molar-refractivity contribution < 1.29 is 5.11 Å². The number of rotatable bonds is 7. The molecular formula is C13H25N5O. The monoisotopic (exact) mass is 267 g/mol. The van der Waals surface area contributed by atoms with Crippen LogP contribution >= 0.6 is 0 Å². The van der Waals surface area contributed by atoms with Gasteiger partial charge in [-0.25, -0.2) is 15.8 Å². The van der Waals surface area contributed by atoms with E-state index in [1.807, 2.05) is 13.8 Å². The summed E-state index contributed by atoms with van der Waals surface area (Å²) in [5.41, 5.74) is 3.57. The molecule has 0 saturated heterocycles. The predicted molar refractivity (Wildman–Crippen MR) is 78.1 cm³/mol. The molecule has 0 saturated carbocycles. The van der Waals surface area contributed by atoms with Gasteiger partial charge in [-0.1, -0.05) is 6.92 Å². The summed E-state index contributed by atoms with van der Waals surface area (Å²) in [5.74, 6) is 7.84. The largest absolute Gasteiger partial charge is 0.396 e. The Morgan fingerprint density at radius 2 is 2.05 bits per heavy atom. The zero-order valence-corrected chi connectivity index (χ0v) is 12.3. The molecular weight excluding hydrogens is 242 g/mol. The lowest BCUT2D eigenvalue weighted by atomic mass is 10.2. The number of nitrogens with one attached hydrogen (secondary N) is 1. The molecule has 1 aromatic heterocycles. The second kappa shape index (κ2) is 7.25. The van der Waals surface area contributed by atoms with Gasteiger partial charge >= 0.3 is 0 Å². The normalized spacial score (nSPS) is 10.9. The fourth-order valence-electron chi connectivity index (χ4n) is 1.98. The predicted octanol–water partition coefficient (Wildman–Crippen LogP) is 1.23. The molecule has 0 aliphatic heterocycles. The van der Waals surface area contributed by atoms with Gasteiger partial charge in [0.15, 0.2) is 0 Å². The van der Waals surface area contributed by atoms with Crippen LogP contribution in [0.2, 0.25) is 0 Å². The number of hydrogen-bond donors (Lipinski definition) is 3. The molecule has 0 aliphatic carbocycles. The first kappa shape index (κ1) is 15.7. The smallest absolute Gasteiger partial charge is 0.148 e. The fourth-order valence-corrected chi connectivity index (χ4v) is 1.98. The van der Waals surface area contributed by atoms with Crippen LogP contribution in [0.3, 0.4) is 0 Å². The van der Waals surface area contributed by atoms with E-state index < -0.39 is 0 Å². The SMILES string of the molecule is CCc1nc(NN)c(C)c(N(CCCO)C(C)C)n1. The lowest BCUT2D eigenvalue weighted by molar-refractivity contribution is 0.288. The van der Waals surface area contributed by atoms with E-state index in [2.05, 4.69) is 34.1 Å². The van der Waals surface area contributed by atoms with E-state index in [9.17, 15) is 0 Å². The Balaban J connectivity index is 3.20. The van der Waals surface area contributed by atoms with Crippen LogP contribution in [0.5, 0.6) is 0 Å². The van der Waals surface area contributed by atoms with Crippen LogP contribution < -0.4 is 16.2 Å². The van der Waals surface area contributed by atoms with E-state index in [0.29, 0.717) is 18.3 Å². The fraction of sp³-hybridized carbons (Fsp3) is 0.692. The number of nitrogens with zero attached hydrogens (tertiary/aromatic N) is 3. The highest BCUT2D eigenvalue weighted by Gasteiger charge is 2.18. The lowest BCUT2D eigenvalue weighted by Gasteiger charge is -2.29. The van der Waals surface area contributed by atoms with E-state index in [4.69, 9.17) is 10.9 Å². The molecule has 19 heavy (non-hydrogen) atoms. The van der Waals surface area contributed by atoms with Crippen molar-refractivity contribution in [3.63, 3.8) is 0 Å². The average molecular weight is 267 g/mol. The zero-order valence-electron chi connectivity index (χ0n) is 12.3. The van der Waals surface area contributed by atoms with Crippen LogP contribution in [0.4, 0.5) is 11.6 Å². The Kier molecular flexibility index (Phi) is 5.98. The number of anilines is 2. The number of hydrogen-bond acceptors (Lipinski definition) is 6. The Hall–Kier alpha value is -1.40. The first-order valence-corrected chi connectivity index (χ1v) is 6.76. The van der Waals surface area contributed by atoms with E-state index >= 15 is 0 Å². The van der Waals surface area contributed by atoms with Crippen molar-refractivity contribution in [2.75, 3.05) is 23.5 Å². The molecule has 0 fully saturated rings. The van der Waals surface area contributed by atoms with Crippen molar-refractivity contribution in [2.24, 2.45) is 5.84 Å². The molecule has 1 heterocycles. The molecule has 1 aromatic rings. The molecule has 0 amide bonds. The molecule has 0 radical (unpaired) electrons. The first-order chi connectivity index (χ1) is 9.04. The van der Waals surface area contributed by atoms with Gasteiger partial charge in [0.2, 0.25) is 0 Å². The maximum absolute atomic E-state index is 9.02. The maximum Gasteiger partial charge on any atom is 0.148 e. The van der Waals surface area contributed by atoms with Crippen molar-refractivity contribution in [1.82, 2.24) is 9.97 Å². The summed E-state index contributed by atoms with van der Waals surface area (Å²) in [6, 6.07) is 0.301. The summed E-state index contributed by atoms with van der Waals surface area (Å²) in [7, 11) is 0. The van der Waals surface area contributed by atoms with Crippen LogP contribution in [0, 0.1) is 6.92 Å². The van der Waals surface area contributed by atoms with Crippen LogP contribution in [0.1, 0.15) is 38.6 Å². The van der Waals surface area contributed by atoms with Gasteiger partial charge in [0.1, 0.15) is 17.5 Å². The molecule has 0 aromatic carbocycles. The highest BCUT2D eigenvalue weighted by Crippen LogP contribution is 2.25. The highest BCUT2D eigenvalue weighted by molar-refractivity contribution is 5.58. The number of hydrazine groups is 1. The van der Waals surface area contributed by atoms with Gasteiger partial charge < -0.3 is 15.4 Å². The lowest BCUT2D eigenvalue weighted by Crippen LogP contribution is -2.34. The van der Waals surface area contributed by atoms with Gasteiger partial charge in [0.05, 0.1) is 0 Å². The summed E-state index contributed by atoms with van der Waals surface area (Å²) in [6.07, 6.45) is 1.47. The second-order valence-electron chi connectivity index (χ2n) is 4.80. The van der Waals surface area contributed by atoms with Gasteiger partial charge in [-0.15, -0.1) is 0 Å². The van der Waals surface area contributed by atoms with Gasteiger partial charge in [0, 0.05) is 31.2 Å². The molecule has 0 unspecified atom stereocenters. The summed E-state index contributed by atoms with van der Waals surface area (Å²) < 4.78 is 0. The Morgan fingerprint density at radius 1 is 1.37 bits per heavy atom. The van der Waals surface area contributed by atoms with Crippen LogP contribution in [0.25, 0.3) is 0 Å². The second-order valence-corrected chi connectivity index (χ2v) is 4.80. The third-order valence-electron chi connectivity index (χ3n) is 3.07. The number of aliphatic hydroxyl groups excluding tert-OH is 1. The minimum atomic E-state index is 0.177. The van der Waals surface area contributed by atoms with Gasteiger partial charge in [0.25, 0.3) is 0 Å². The minimum Gasteiger partial charge on any atom is -0.396 e. The molecule has 4 N–H and O–H groups in total. The van der Waals surface area contributed by atoms with Crippen molar-refractivity contribution in [3.8, 4) is 0 Å². The molecule has 1 rings (SSSR count). The average Bonchev–Trinajstić information content (AvgIpc) is 2.40. The quantitative estimate of drug-likeness (QED) is 0.509. The Labute approximate surface area is 115 Å². The van der Waals surface area contributed by atoms with Crippen molar-refractivity contribution in [3.05, 3.63) is 11.4 Å². The number of aryl methyl sites for hydroxylation is 1. The molecule has 0 bridgehead atoms. The number of aliphatic hydroxyl groups is 1. The third kappa shape index (κ3) is 3.78. The van der Waals surface area contributed by atoms with Gasteiger partial charge in [-0.05, 0) is 27.2 Å².